The molecule has 34 heavy (non-hydrogen) atoms. The number of ketones is 1. The molecule has 6 nitrogen and oxygen atoms in total. The molecule has 2 heterocycles. The van der Waals surface area contributed by atoms with Crippen LogP contribution >= 0.6 is 0 Å². The van der Waals surface area contributed by atoms with Crippen LogP contribution in [0.2, 0.25) is 0 Å². The summed E-state index contributed by atoms with van der Waals surface area (Å²) < 4.78 is 13.0. The fraction of sp³-hybridized carbons (Fsp3) is 0.679. The summed E-state index contributed by atoms with van der Waals surface area (Å²) in [6.45, 7) is 13.7. The maximum absolute atomic E-state index is 12.8. The van der Waals surface area contributed by atoms with E-state index in [0.717, 1.165) is 24.8 Å². The van der Waals surface area contributed by atoms with Crippen LogP contribution in [0, 0.1) is 11.3 Å². The van der Waals surface area contributed by atoms with Gasteiger partial charge in [0, 0.05) is 22.8 Å². The lowest BCUT2D eigenvalue weighted by molar-refractivity contribution is -0.159. The molecule has 0 unspecified atom stereocenters. The maximum Gasteiger partial charge on any atom is 0.173 e. The highest BCUT2D eigenvalue weighted by Gasteiger charge is 2.56. The number of hydrogen-bond acceptors (Lipinski definition) is 6. The van der Waals surface area contributed by atoms with Crippen LogP contribution in [0.4, 0.5) is 0 Å². The van der Waals surface area contributed by atoms with Gasteiger partial charge in [-0.05, 0) is 70.6 Å². The molecule has 0 aromatic heterocycles. The molecule has 4 rings (SSSR count). The van der Waals surface area contributed by atoms with Crippen molar-refractivity contribution < 1.29 is 29.6 Å². The van der Waals surface area contributed by atoms with E-state index in [1.807, 2.05) is 40.7 Å². The van der Waals surface area contributed by atoms with Crippen molar-refractivity contribution in [3.63, 3.8) is 0 Å². The second-order valence-electron chi connectivity index (χ2n) is 11.6. The normalized spacial score (nSPS) is 33.8. The number of aliphatic hydroxyl groups excluding tert-OH is 1. The lowest BCUT2D eigenvalue weighted by atomic mass is 9.60. The Morgan fingerprint density at radius 3 is 2.47 bits per heavy atom. The first-order valence-electron chi connectivity index (χ1n) is 12.6. The van der Waals surface area contributed by atoms with Crippen molar-refractivity contribution in [3.8, 4) is 17.2 Å². The van der Waals surface area contributed by atoms with Crippen molar-refractivity contribution in [2.24, 2.45) is 11.3 Å². The van der Waals surface area contributed by atoms with Crippen LogP contribution in [0.3, 0.4) is 0 Å². The molecule has 188 valence electrons. The van der Waals surface area contributed by atoms with E-state index in [-0.39, 0.29) is 40.5 Å². The fourth-order valence-electron chi connectivity index (χ4n) is 6.17. The number of carbonyl (C=O) groups excluding carboxylic acids is 1. The van der Waals surface area contributed by atoms with Crippen molar-refractivity contribution in [1.82, 2.24) is 0 Å². The van der Waals surface area contributed by atoms with E-state index in [0.29, 0.717) is 24.0 Å². The van der Waals surface area contributed by atoms with E-state index < -0.39 is 23.2 Å². The molecule has 1 aromatic carbocycles. The lowest BCUT2D eigenvalue weighted by Crippen LogP contribution is -2.54. The van der Waals surface area contributed by atoms with Gasteiger partial charge in [-0.15, -0.1) is 0 Å². The monoisotopic (exact) mass is 472 g/mol. The van der Waals surface area contributed by atoms with Crippen LogP contribution in [-0.4, -0.2) is 44.5 Å². The van der Waals surface area contributed by atoms with Gasteiger partial charge in [-0.1, -0.05) is 27.7 Å². The number of rotatable bonds is 4. The van der Waals surface area contributed by atoms with E-state index in [2.05, 4.69) is 6.92 Å². The number of Topliss-reactive ketones (excluding diaryl/α,β-unsaturated/α-hetero) is 1. The third kappa shape index (κ3) is 3.74. The molecule has 0 bridgehead atoms. The minimum Gasteiger partial charge on any atom is -0.507 e. The van der Waals surface area contributed by atoms with E-state index in [4.69, 9.17) is 9.47 Å². The summed E-state index contributed by atoms with van der Waals surface area (Å²) in [7, 11) is 0. The number of ether oxygens (including phenoxy) is 2. The Hall–Kier alpha value is -2.05. The first-order valence-corrected chi connectivity index (χ1v) is 12.6. The van der Waals surface area contributed by atoms with E-state index in [1.165, 1.54) is 6.07 Å². The van der Waals surface area contributed by atoms with E-state index in [1.54, 1.807) is 6.92 Å². The zero-order chi connectivity index (χ0) is 25.2. The molecule has 3 aliphatic rings. The van der Waals surface area contributed by atoms with Gasteiger partial charge in [0.1, 0.15) is 17.1 Å². The van der Waals surface area contributed by atoms with Gasteiger partial charge in [-0.3, -0.25) is 4.79 Å². The van der Waals surface area contributed by atoms with Gasteiger partial charge in [0.05, 0.1) is 23.4 Å². The number of phenols is 2. The average molecular weight is 473 g/mol. The molecule has 0 spiro atoms. The molecule has 3 N–H and O–H groups in total. The smallest absolute Gasteiger partial charge is 0.173 e. The number of benzene rings is 1. The van der Waals surface area contributed by atoms with E-state index in [9.17, 15) is 20.1 Å². The second-order valence-corrected chi connectivity index (χ2v) is 11.6. The Balaban J connectivity index is 1.81. The topological polar surface area (TPSA) is 96.2 Å². The van der Waals surface area contributed by atoms with Crippen molar-refractivity contribution in [2.75, 3.05) is 0 Å². The summed E-state index contributed by atoms with van der Waals surface area (Å²) in [6.07, 6.45) is 4.77. The molecule has 0 amide bonds. The van der Waals surface area contributed by atoms with Crippen molar-refractivity contribution in [1.29, 1.82) is 0 Å². The molecule has 1 saturated carbocycles. The predicted octanol–water partition coefficient (Wildman–Crippen LogP) is 5.47. The summed E-state index contributed by atoms with van der Waals surface area (Å²) >= 11 is 0. The molecule has 1 aliphatic carbocycles. The van der Waals surface area contributed by atoms with Gasteiger partial charge >= 0.3 is 0 Å². The number of aliphatic hydroxyl groups is 1. The van der Waals surface area contributed by atoms with Crippen LogP contribution in [0.15, 0.2) is 11.6 Å². The van der Waals surface area contributed by atoms with Gasteiger partial charge < -0.3 is 24.8 Å². The molecule has 6 heteroatoms. The highest BCUT2D eigenvalue weighted by molar-refractivity contribution is 5.89. The predicted molar refractivity (Wildman–Crippen MR) is 131 cm³/mol. The molecule has 2 fully saturated rings. The molecular weight excluding hydrogens is 432 g/mol. The Kier molecular flexibility index (Phi) is 6.09. The van der Waals surface area contributed by atoms with Gasteiger partial charge in [-0.25, -0.2) is 0 Å². The Labute approximate surface area is 203 Å². The van der Waals surface area contributed by atoms with Crippen LogP contribution in [0.5, 0.6) is 17.2 Å². The molecule has 1 aromatic rings. The number of phenolic OH excluding ortho intramolecular Hbond substituents is 2. The Morgan fingerprint density at radius 2 is 1.82 bits per heavy atom. The van der Waals surface area contributed by atoms with Gasteiger partial charge in [-0.2, -0.15) is 0 Å². The lowest BCUT2D eigenvalue weighted by Gasteiger charge is -2.53. The summed E-state index contributed by atoms with van der Waals surface area (Å²) in [5.74, 6) is -0.513. The molecule has 2 aliphatic heterocycles. The third-order valence-corrected chi connectivity index (χ3v) is 8.87. The fourth-order valence-corrected chi connectivity index (χ4v) is 6.17. The van der Waals surface area contributed by atoms with Gasteiger partial charge in [0.15, 0.2) is 11.5 Å². The van der Waals surface area contributed by atoms with Gasteiger partial charge in [0.25, 0.3) is 0 Å². The van der Waals surface area contributed by atoms with Crippen molar-refractivity contribution >= 4 is 11.9 Å². The van der Waals surface area contributed by atoms with Crippen LogP contribution < -0.4 is 4.74 Å². The molecule has 1 saturated heterocycles. The SMILES string of the molecule is CC[C@@H](C)C(=O)[C@@H](C)c1cc(O)c2c(c1O)O[C@@]1(C)CC[C@H]3OC(C)(C)[C@@H](O)CC[C@]3(C)C1=C2. The van der Waals surface area contributed by atoms with Crippen LogP contribution in [0.25, 0.3) is 6.08 Å². The quantitative estimate of drug-likeness (QED) is 0.503. The Morgan fingerprint density at radius 1 is 1.15 bits per heavy atom. The third-order valence-electron chi connectivity index (χ3n) is 8.87. The highest BCUT2D eigenvalue weighted by Crippen LogP contribution is 2.59. The summed E-state index contributed by atoms with van der Waals surface area (Å²) in [4.78, 5) is 12.8. The molecule has 6 atom stereocenters. The van der Waals surface area contributed by atoms with Gasteiger partial charge in [0.2, 0.25) is 0 Å². The van der Waals surface area contributed by atoms with E-state index >= 15 is 0 Å². The first kappa shape index (κ1) is 25.1. The standard InChI is InChI=1S/C28H40O6/c1-8-15(2)23(31)16(3)17-13-19(29)18-14-20-27(6)11-9-21(30)26(4,5)33-22(27)10-12-28(20,7)34-25(18)24(17)32/h13-16,21-22,29-30,32H,8-12H2,1-7H3/t15-,16+,21+,22-,27-,28+/m1/s1. The number of carbonyl (C=O) groups is 1. The second kappa shape index (κ2) is 8.27. The Bertz CT molecular complexity index is 1030. The average Bonchev–Trinajstić information content (AvgIpc) is 2.88. The summed E-state index contributed by atoms with van der Waals surface area (Å²) in [6, 6.07) is 1.50. The zero-order valence-electron chi connectivity index (χ0n) is 21.6. The number of hydrogen-bond donors (Lipinski definition) is 3. The molecular formula is C28H40O6. The number of aromatic hydroxyl groups is 2. The maximum atomic E-state index is 12.8. The minimum absolute atomic E-state index is 0.0122. The molecule has 0 radical (unpaired) electrons. The van der Waals surface area contributed by atoms with Crippen LogP contribution in [0.1, 0.15) is 97.6 Å². The summed E-state index contributed by atoms with van der Waals surface area (Å²) in [5, 5.41) is 32.9. The largest absolute Gasteiger partial charge is 0.507 e. The van der Waals surface area contributed by atoms with Crippen molar-refractivity contribution in [3.05, 3.63) is 22.8 Å². The van der Waals surface area contributed by atoms with Crippen molar-refractivity contribution in [2.45, 2.75) is 110 Å². The number of fused-ring (bicyclic) bond motifs is 4. The van der Waals surface area contributed by atoms with Crippen LogP contribution in [-0.2, 0) is 9.53 Å². The minimum atomic E-state index is -0.687. The highest BCUT2D eigenvalue weighted by atomic mass is 16.5. The first-order chi connectivity index (χ1) is 15.7. The zero-order valence-corrected chi connectivity index (χ0v) is 21.6. The summed E-state index contributed by atoms with van der Waals surface area (Å²) in [5.41, 5.74) is 0.123.